The van der Waals surface area contributed by atoms with Gasteiger partial charge in [0.25, 0.3) is 14.4 Å². The quantitative estimate of drug-likeness (QED) is 0.0563. The van der Waals surface area contributed by atoms with Gasteiger partial charge >= 0.3 is 5.69 Å². The van der Waals surface area contributed by atoms with Crippen molar-refractivity contribution in [3.05, 3.63) is 166 Å². The number of rotatable bonds is 17. The topological polar surface area (TPSA) is 128 Å². The van der Waals surface area contributed by atoms with Gasteiger partial charge in [0.1, 0.15) is 23.8 Å². The standard InChI is InChI=1S/C44H48N5O6P/c1-32(2)49(33(3)4)56(53-29-17-27-45)55-38-30-41(48-28-26-40(47-43(48)51)46-42(50)34-18-9-5-10-19-34)54-39(38)31-52-44(35-20-11-6-12-21-35,36-22-13-7-14-23-36)37-24-15-8-16-25-37/h5-16,18-26,28,32-33,38-39,41H,17,29-31H2,1-4H3,(H,46,47,50,51)/t38-,39+,41+,56?/m0/s1. The molecule has 0 spiro atoms. The zero-order valence-electron chi connectivity index (χ0n) is 32.1. The normalized spacial score (nSPS) is 17.6. The van der Waals surface area contributed by atoms with Crippen LogP contribution < -0.4 is 11.0 Å². The Hall–Kier alpha value is -5.05. The number of carbonyl (C=O) groups excluding carboxylic acids is 1. The summed E-state index contributed by atoms with van der Waals surface area (Å²) in [6.45, 7) is 8.61. The largest absolute Gasteiger partial charge is 0.358 e. The molecule has 6 rings (SSSR count). The van der Waals surface area contributed by atoms with E-state index in [9.17, 15) is 14.9 Å². The molecule has 1 aromatic heterocycles. The Balaban J connectivity index is 1.35. The van der Waals surface area contributed by atoms with E-state index in [-0.39, 0.29) is 49.9 Å². The van der Waals surface area contributed by atoms with E-state index in [0.29, 0.717) is 5.56 Å². The van der Waals surface area contributed by atoms with Gasteiger partial charge in [-0.05, 0) is 62.6 Å². The highest BCUT2D eigenvalue weighted by atomic mass is 31.2. The van der Waals surface area contributed by atoms with E-state index in [1.54, 1.807) is 36.5 Å². The number of ether oxygens (including phenoxy) is 2. The first-order chi connectivity index (χ1) is 27.2. The number of carbonyl (C=O) groups is 1. The molecule has 0 radical (unpaired) electrons. The highest BCUT2D eigenvalue weighted by Gasteiger charge is 2.45. The van der Waals surface area contributed by atoms with E-state index >= 15 is 0 Å². The highest BCUT2D eigenvalue weighted by Crippen LogP contribution is 2.50. The van der Waals surface area contributed by atoms with Crippen LogP contribution >= 0.6 is 8.53 Å². The third-order valence-electron chi connectivity index (χ3n) is 9.49. The fraction of sp³-hybridized carbons (Fsp3) is 0.318. The van der Waals surface area contributed by atoms with Crippen LogP contribution in [0.4, 0.5) is 5.82 Å². The van der Waals surface area contributed by atoms with Crippen LogP contribution in [0.15, 0.2) is 138 Å². The SMILES string of the molecule is CC(C)N(C(C)C)P(OCCC#N)O[C@H]1C[C@H](n2ccc(NC(=O)c3ccccc3)nc2=O)O[C@@H]1COC(c1ccccc1)(c1ccccc1)c1ccccc1. The molecule has 1 fully saturated rings. The Kier molecular flexibility index (Phi) is 13.9. The Labute approximate surface area is 329 Å². The van der Waals surface area contributed by atoms with E-state index in [1.807, 2.05) is 60.7 Å². The maximum Gasteiger partial charge on any atom is 0.351 e. The maximum atomic E-state index is 13.6. The van der Waals surface area contributed by atoms with Crippen LogP contribution in [0.3, 0.4) is 0 Å². The monoisotopic (exact) mass is 773 g/mol. The zero-order valence-corrected chi connectivity index (χ0v) is 33.0. The van der Waals surface area contributed by atoms with E-state index in [2.05, 4.69) is 85.1 Å². The number of amides is 1. The molecule has 1 aliphatic heterocycles. The number of benzene rings is 4. The Morgan fingerprint density at radius 3 is 1.93 bits per heavy atom. The van der Waals surface area contributed by atoms with Crippen LogP contribution in [-0.2, 0) is 24.1 Å². The molecule has 0 saturated carbocycles. The van der Waals surface area contributed by atoms with Crippen molar-refractivity contribution in [2.24, 2.45) is 0 Å². The number of aromatic nitrogens is 2. The first-order valence-electron chi connectivity index (χ1n) is 18.9. The summed E-state index contributed by atoms with van der Waals surface area (Å²) in [4.78, 5) is 30.6. The molecule has 0 aliphatic carbocycles. The average Bonchev–Trinajstić information content (AvgIpc) is 3.61. The summed E-state index contributed by atoms with van der Waals surface area (Å²) in [5.74, 6) is -0.246. The molecule has 4 aromatic carbocycles. The maximum absolute atomic E-state index is 13.6. The summed E-state index contributed by atoms with van der Waals surface area (Å²) < 4.78 is 30.7. The van der Waals surface area contributed by atoms with E-state index < -0.39 is 38.3 Å². The first kappa shape index (κ1) is 40.6. The predicted octanol–water partition coefficient (Wildman–Crippen LogP) is 8.45. The molecular formula is C44H48N5O6P. The van der Waals surface area contributed by atoms with Gasteiger partial charge in [-0.2, -0.15) is 10.2 Å². The number of nitrogens with one attached hydrogen (secondary N) is 1. The Morgan fingerprint density at radius 2 is 1.43 bits per heavy atom. The van der Waals surface area contributed by atoms with Gasteiger partial charge in [0, 0.05) is 30.3 Å². The number of hydrogen-bond acceptors (Lipinski definition) is 9. The van der Waals surface area contributed by atoms with Gasteiger partial charge in [0.05, 0.1) is 31.8 Å². The second-order valence-corrected chi connectivity index (χ2v) is 15.4. The summed E-state index contributed by atoms with van der Waals surface area (Å²) in [5, 5.41) is 12.0. The average molecular weight is 774 g/mol. The van der Waals surface area contributed by atoms with Crippen molar-refractivity contribution in [2.45, 2.75) is 76.7 Å². The van der Waals surface area contributed by atoms with Gasteiger partial charge in [-0.25, -0.2) is 9.46 Å². The molecular weight excluding hydrogens is 725 g/mol. The van der Waals surface area contributed by atoms with Crippen molar-refractivity contribution in [1.82, 2.24) is 14.2 Å². The lowest BCUT2D eigenvalue weighted by Crippen LogP contribution is -2.39. The minimum Gasteiger partial charge on any atom is -0.358 e. The van der Waals surface area contributed by atoms with Gasteiger partial charge in [-0.1, -0.05) is 109 Å². The third kappa shape index (κ3) is 9.48. The van der Waals surface area contributed by atoms with Crippen molar-refractivity contribution >= 4 is 20.3 Å². The van der Waals surface area contributed by atoms with Gasteiger partial charge in [0.2, 0.25) is 0 Å². The van der Waals surface area contributed by atoms with Crippen LogP contribution in [-0.4, -0.2) is 57.6 Å². The molecule has 1 saturated heterocycles. The molecule has 4 atom stereocenters. The fourth-order valence-corrected chi connectivity index (χ4v) is 8.76. The third-order valence-corrected chi connectivity index (χ3v) is 11.6. The van der Waals surface area contributed by atoms with Crippen LogP contribution in [0.5, 0.6) is 0 Å². The smallest absolute Gasteiger partial charge is 0.351 e. The van der Waals surface area contributed by atoms with Crippen molar-refractivity contribution in [3.63, 3.8) is 0 Å². The van der Waals surface area contributed by atoms with Crippen molar-refractivity contribution < 1.29 is 23.3 Å². The molecule has 1 N–H and O–H groups in total. The van der Waals surface area contributed by atoms with Crippen LogP contribution in [0.2, 0.25) is 0 Å². The molecule has 5 aromatic rings. The predicted molar refractivity (Wildman–Crippen MR) is 217 cm³/mol. The lowest BCUT2D eigenvalue weighted by Gasteiger charge is -2.39. The van der Waals surface area contributed by atoms with Gasteiger partial charge in [-0.3, -0.25) is 9.36 Å². The molecule has 1 amide bonds. The van der Waals surface area contributed by atoms with Gasteiger partial charge in [-0.15, -0.1) is 0 Å². The fourth-order valence-electron chi connectivity index (χ4n) is 7.00. The minimum atomic E-state index is -1.66. The Bertz CT molecular complexity index is 1990. The molecule has 11 nitrogen and oxygen atoms in total. The molecule has 2 heterocycles. The summed E-state index contributed by atoms with van der Waals surface area (Å²) in [6.07, 6.45) is 0.0527. The lowest BCUT2D eigenvalue weighted by molar-refractivity contribution is -0.0925. The molecule has 0 bridgehead atoms. The van der Waals surface area contributed by atoms with Crippen LogP contribution in [0.1, 0.15) is 73.8 Å². The zero-order chi connectivity index (χ0) is 39.5. The van der Waals surface area contributed by atoms with Gasteiger partial charge < -0.3 is 23.8 Å². The van der Waals surface area contributed by atoms with Gasteiger partial charge in [0.15, 0.2) is 0 Å². The first-order valence-corrected chi connectivity index (χ1v) is 20.0. The van der Waals surface area contributed by atoms with Crippen molar-refractivity contribution in [3.8, 4) is 6.07 Å². The Morgan fingerprint density at radius 1 is 0.893 bits per heavy atom. The van der Waals surface area contributed by atoms with Crippen LogP contribution in [0, 0.1) is 11.3 Å². The summed E-state index contributed by atoms with van der Waals surface area (Å²) >= 11 is 0. The van der Waals surface area contributed by atoms with E-state index in [4.69, 9.17) is 18.5 Å². The molecule has 12 heteroatoms. The molecule has 290 valence electrons. The molecule has 1 unspecified atom stereocenters. The number of nitrogens with zero attached hydrogens (tertiary/aromatic N) is 4. The lowest BCUT2D eigenvalue weighted by atomic mass is 9.80. The summed E-state index contributed by atoms with van der Waals surface area (Å²) in [7, 11) is -1.66. The van der Waals surface area contributed by atoms with Crippen molar-refractivity contribution in [2.75, 3.05) is 18.5 Å². The highest BCUT2D eigenvalue weighted by molar-refractivity contribution is 7.44. The minimum absolute atomic E-state index is 0.0726. The van der Waals surface area contributed by atoms with E-state index in [0.717, 1.165) is 16.7 Å². The van der Waals surface area contributed by atoms with E-state index in [1.165, 1.54) is 4.57 Å². The molecule has 56 heavy (non-hydrogen) atoms. The summed E-state index contributed by atoms with van der Waals surface area (Å²) in [5.41, 5.74) is 1.64. The second-order valence-electron chi connectivity index (χ2n) is 14.0. The second kappa shape index (κ2) is 19.2. The number of nitriles is 1. The summed E-state index contributed by atoms with van der Waals surface area (Å²) in [6, 6.07) is 42.9. The number of hydrogen-bond donors (Lipinski definition) is 1. The van der Waals surface area contributed by atoms with Crippen molar-refractivity contribution in [1.29, 1.82) is 5.26 Å². The number of anilines is 1. The van der Waals surface area contributed by atoms with Crippen LogP contribution in [0.25, 0.3) is 0 Å². The molecule has 1 aliphatic rings.